The molecule has 0 bridgehead atoms. The van der Waals surface area contributed by atoms with Crippen molar-refractivity contribution in [3.05, 3.63) is 59.7 Å². The van der Waals surface area contributed by atoms with Gasteiger partial charge in [-0.1, -0.05) is 24.3 Å². The molecule has 2 aromatic rings. The number of hydrogen-bond donors (Lipinski definition) is 2. The van der Waals surface area contributed by atoms with E-state index < -0.39 is 0 Å². The molecule has 3 N–H and O–H groups in total. The summed E-state index contributed by atoms with van der Waals surface area (Å²) >= 11 is 0. The van der Waals surface area contributed by atoms with Crippen LogP contribution in [-0.2, 0) is 11.3 Å². The van der Waals surface area contributed by atoms with Gasteiger partial charge >= 0.3 is 0 Å². The SMILES string of the molecule is Cc1cccc(N2CCN(Cc3ccc(NC(=O)CN)cc3)CC2)c1. The molecular formula is C20H26N4O. The molecule has 5 heteroatoms. The van der Waals surface area contributed by atoms with Crippen molar-refractivity contribution in [1.82, 2.24) is 4.90 Å². The summed E-state index contributed by atoms with van der Waals surface area (Å²) in [6.45, 7) is 7.29. The fourth-order valence-corrected chi connectivity index (χ4v) is 3.15. The van der Waals surface area contributed by atoms with Crippen LogP contribution in [0.4, 0.5) is 11.4 Å². The van der Waals surface area contributed by atoms with E-state index in [2.05, 4.69) is 58.4 Å². The van der Waals surface area contributed by atoms with E-state index in [0.29, 0.717) is 0 Å². The quantitative estimate of drug-likeness (QED) is 0.877. The highest BCUT2D eigenvalue weighted by atomic mass is 16.1. The molecule has 1 heterocycles. The summed E-state index contributed by atoms with van der Waals surface area (Å²) in [6.07, 6.45) is 0. The van der Waals surface area contributed by atoms with Gasteiger partial charge in [0.05, 0.1) is 6.54 Å². The van der Waals surface area contributed by atoms with E-state index in [4.69, 9.17) is 5.73 Å². The van der Waals surface area contributed by atoms with Crippen molar-refractivity contribution in [2.45, 2.75) is 13.5 Å². The molecule has 1 aliphatic heterocycles. The Morgan fingerprint density at radius 3 is 2.44 bits per heavy atom. The van der Waals surface area contributed by atoms with E-state index in [0.717, 1.165) is 38.4 Å². The number of nitrogens with one attached hydrogen (secondary N) is 1. The zero-order valence-corrected chi connectivity index (χ0v) is 14.7. The first-order valence-electron chi connectivity index (χ1n) is 8.77. The van der Waals surface area contributed by atoms with Crippen LogP contribution in [0, 0.1) is 6.92 Å². The molecule has 132 valence electrons. The lowest BCUT2D eigenvalue weighted by Gasteiger charge is -2.36. The molecule has 1 aliphatic rings. The van der Waals surface area contributed by atoms with Gasteiger partial charge in [-0.05, 0) is 42.3 Å². The molecule has 0 spiro atoms. The minimum absolute atomic E-state index is 0.00691. The summed E-state index contributed by atoms with van der Waals surface area (Å²) in [5.41, 5.74) is 9.99. The van der Waals surface area contributed by atoms with Crippen molar-refractivity contribution < 1.29 is 4.79 Å². The average Bonchev–Trinajstić information content (AvgIpc) is 2.64. The molecule has 1 saturated heterocycles. The molecule has 0 atom stereocenters. The van der Waals surface area contributed by atoms with Gasteiger partial charge in [-0.15, -0.1) is 0 Å². The van der Waals surface area contributed by atoms with Crippen molar-refractivity contribution in [2.75, 3.05) is 42.9 Å². The number of anilines is 2. The number of rotatable bonds is 5. The standard InChI is InChI=1S/C20H26N4O/c1-16-3-2-4-19(13-16)24-11-9-23(10-12-24)15-17-5-7-18(8-6-17)22-20(25)14-21/h2-8,13H,9-12,14-15,21H2,1H3,(H,22,25). The predicted octanol–water partition coefficient (Wildman–Crippen LogP) is 2.21. The zero-order chi connectivity index (χ0) is 17.6. The Bertz CT molecular complexity index is 706. The molecular weight excluding hydrogens is 312 g/mol. The molecule has 2 aromatic carbocycles. The van der Waals surface area contributed by atoms with E-state index in [9.17, 15) is 4.79 Å². The van der Waals surface area contributed by atoms with Crippen LogP contribution in [0.1, 0.15) is 11.1 Å². The molecule has 25 heavy (non-hydrogen) atoms. The smallest absolute Gasteiger partial charge is 0.238 e. The molecule has 5 nitrogen and oxygen atoms in total. The summed E-state index contributed by atoms with van der Waals surface area (Å²) in [4.78, 5) is 16.2. The minimum Gasteiger partial charge on any atom is -0.369 e. The van der Waals surface area contributed by atoms with Gasteiger partial charge in [-0.25, -0.2) is 0 Å². The lowest BCUT2D eigenvalue weighted by Crippen LogP contribution is -2.45. The highest BCUT2D eigenvalue weighted by Crippen LogP contribution is 2.19. The first-order chi connectivity index (χ1) is 12.1. The fraction of sp³-hybridized carbons (Fsp3) is 0.350. The number of benzene rings is 2. The maximum Gasteiger partial charge on any atom is 0.238 e. The maximum absolute atomic E-state index is 11.3. The summed E-state index contributed by atoms with van der Waals surface area (Å²) in [7, 11) is 0. The number of amides is 1. The molecule has 3 rings (SSSR count). The molecule has 1 fully saturated rings. The summed E-state index contributed by atoms with van der Waals surface area (Å²) in [6, 6.07) is 16.7. The molecule has 1 amide bonds. The van der Waals surface area contributed by atoms with Crippen molar-refractivity contribution in [1.29, 1.82) is 0 Å². The van der Waals surface area contributed by atoms with E-state index in [1.54, 1.807) is 0 Å². The largest absolute Gasteiger partial charge is 0.369 e. The third-order valence-electron chi connectivity index (χ3n) is 4.57. The van der Waals surface area contributed by atoms with Gasteiger partial charge in [0.15, 0.2) is 0 Å². The summed E-state index contributed by atoms with van der Waals surface area (Å²) in [5, 5.41) is 2.77. The Hall–Kier alpha value is -2.37. The van der Waals surface area contributed by atoms with Crippen molar-refractivity contribution in [3.63, 3.8) is 0 Å². The summed E-state index contributed by atoms with van der Waals surface area (Å²) in [5.74, 6) is -0.167. The van der Waals surface area contributed by atoms with Gasteiger partial charge in [0, 0.05) is 44.1 Å². The Morgan fingerprint density at radius 1 is 1.08 bits per heavy atom. The molecule has 0 aliphatic carbocycles. The van der Waals surface area contributed by atoms with Crippen molar-refractivity contribution in [3.8, 4) is 0 Å². The van der Waals surface area contributed by atoms with Crippen LogP contribution in [0.15, 0.2) is 48.5 Å². The van der Waals surface area contributed by atoms with E-state index >= 15 is 0 Å². The molecule has 0 radical (unpaired) electrons. The van der Waals surface area contributed by atoms with Crippen LogP contribution in [0.25, 0.3) is 0 Å². The fourth-order valence-electron chi connectivity index (χ4n) is 3.15. The number of nitrogens with zero attached hydrogens (tertiary/aromatic N) is 2. The summed E-state index contributed by atoms with van der Waals surface area (Å²) < 4.78 is 0. The van der Waals surface area contributed by atoms with Gasteiger partial charge in [0.1, 0.15) is 0 Å². The van der Waals surface area contributed by atoms with Crippen molar-refractivity contribution >= 4 is 17.3 Å². The Kier molecular flexibility index (Phi) is 5.68. The van der Waals surface area contributed by atoms with Crippen molar-refractivity contribution in [2.24, 2.45) is 5.73 Å². The Labute approximate surface area is 149 Å². The number of nitrogens with two attached hydrogens (primary N) is 1. The number of carbonyl (C=O) groups is 1. The molecule has 0 saturated carbocycles. The van der Waals surface area contributed by atoms with Crippen LogP contribution >= 0.6 is 0 Å². The molecule has 0 unspecified atom stereocenters. The van der Waals surface area contributed by atoms with Gasteiger partial charge in [0.25, 0.3) is 0 Å². The second-order valence-corrected chi connectivity index (χ2v) is 6.55. The van der Waals surface area contributed by atoms with Gasteiger partial charge in [-0.3, -0.25) is 9.69 Å². The van der Waals surface area contributed by atoms with Gasteiger partial charge in [-0.2, -0.15) is 0 Å². The first-order valence-corrected chi connectivity index (χ1v) is 8.77. The third kappa shape index (κ3) is 4.81. The number of hydrogen-bond acceptors (Lipinski definition) is 4. The lowest BCUT2D eigenvalue weighted by molar-refractivity contribution is -0.114. The minimum atomic E-state index is -0.167. The number of piperazine rings is 1. The third-order valence-corrected chi connectivity index (χ3v) is 4.57. The molecule has 0 aromatic heterocycles. The zero-order valence-electron chi connectivity index (χ0n) is 14.7. The van der Waals surface area contributed by atoms with Crippen LogP contribution in [0.5, 0.6) is 0 Å². The lowest BCUT2D eigenvalue weighted by atomic mass is 10.1. The van der Waals surface area contributed by atoms with Crippen LogP contribution in [0.2, 0.25) is 0 Å². The second-order valence-electron chi connectivity index (χ2n) is 6.55. The highest BCUT2D eigenvalue weighted by molar-refractivity contribution is 5.92. The Morgan fingerprint density at radius 2 is 1.80 bits per heavy atom. The van der Waals surface area contributed by atoms with Crippen LogP contribution in [0.3, 0.4) is 0 Å². The monoisotopic (exact) mass is 338 g/mol. The van der Waals surface area contributed by atoms with Crippen LogP contribution < -0.4 is 16.0 Å². The topological polar surface area (TPSA) is 61.6 Å². The van der Waals surface area contributed by atoms with E-state index in [1.165, 1.54) is 16.8 Å². The predicted molar refractivity (Wildman–Crippen MR) is 103 cm³/mol. The number of aryl methyl sites for hydroxylation is 1. The van der Waals surface area contributed by atoms with E-state index in [1.807, 2.05) is 12.1 Å². The maximum atomic E-state index is 11.3. The van der Waals surface area contributed by atoms with Crippen LogP contribution in [-0.4, -0.2) is 43.5 Å². The second kappa shape index (κ2) is 8.14. The van der Waals surface area contributed by atoms with Gasteiger partial charge < -0.3 is 16.0 Å². The highest BCUT2D eigenvalue weighted by Gasteiger charge is 2.17. The normalized spacial score (nSPS) is 15.2. The first kappa shape index (κ1) is 17.5. The van der Waals surface area contributed by atoms with E-state index in [-0.39, 0.29) is 12.5 Å². The van der Waals surface area contributed by atoms with Gasteiger partial charge in [0.2, 0.25) is 5.91 Å². The number of carbonyl (C=O) groups excluding carboxylic acids is 1. The Balaban J connectivity index is 1.51. The average molecular weight is 338 g/mol.